The van der Waals surface area contributed by atoms with E-state index in [1.165, 1.54) is 7.11 Å². The number of amides is 1. The molecule has 5 heteroatoms. The Bertz CT molecular complexity index is 519. The summed E-state index contributed by atoms with van der Waals surface area (Å²) in [5, 5.41) is 0.734. The Balaban J connectivity index is 2.64. The maximum absolute atomic E-state index is 11.6. The third kappa shape index (κ3) is 1.66. The first-order valence-corrected chi connectivity index (χ1v) is 4.78. The van der Waals surface area contributed by atoms with Crippen molar-refractivity contribution in [3.63, 3.8) is 0 Å². The second kappa shape index (κ2) is 4.34. The summed E-state index contributed by atoms with van der Waals surface area (Å²) in [7, 11) is 1.54. The molecule has 1 aromatic carbocycles. The molecule has 0 aliphatic heterocycles. The van der Waals surface area contributed by atoms with Crippen LogP contribution in [0.2, 0.25) is 0 Å². The van der Waals surface area contributed by atoms with Crippen LogP contribution in [0, 0.1) is 0 Å². The Morgan fingerprint density at radius 1 is 1.50 bits per heavy atom. The number of para-hydroxylation sites is 1. The van der Waals surface area contributed by atoms with Crippen LogP contribution in [-0.4, -0.2) is 13.0 Å². The van der Waals surface area contributed by atoms with Crippen molar-refractivity contribution < 1.29 is 13.9 Å². The lowest BCUT2D eigenvalue weighted by Crippen LogP contribution is -2.30. The molecule has 2 aromatic rings. The molecule has 0 bridgehead atoms. The third-order valence-corrected chi connectivity index (χ3v) is 2.30. The molecule has 0 radical (unpaired) electrons. The fourth-order valence-corrected chi connectivity index (χ4v) is 1.65. The molecule has 1 heterocycles. The zero-order valence-corrected chi connectivity index (χ0v) is 8.82. The number of carbonyl (C=O) groups excluding carboxylic acids is 1. The van der Waals surface area contributed by atoms with E-state index >= 15 is 0 Å². The van der Waals surface area contributed by atoms with Gasteiger partial charge in [-0.05, 0) is 6.07 Å². The lowest BCUT2D eigenvalue weighted by Gasteiger charge is -2.00. The molecule has 0 aliphatic rings. The number of furan rings is 1. The Morgan fingerprint density at radius 3 is 2.94 bits per heavy atom. The van der Waals surface area contributed by atoms with E-state index in [4.69, 9.17) is 15.0 Å². The molecule has 2 rings (SSSR count). The standard InChI is InChI=1S/C11H12N2O3/c1-15-6-9-10(11(14)13-12)7-4-2-3-5-8(7)16-9/h2-5H,6,12H2,1H3,(H,13,14). The van der Waals surface area contributed by atoms with Gasteiger partial charge in [-0.25, -0.2) is 5.84 Å². The van der Waals surface area contributed by atoms with E-state index in [2.05, 4.69) is 5.43 Å². The summed E-state index contributed by atoms with van der Waals surface area (Å²) < 4.78 is 10.5. The first-order chi connectivity index (χ1) is 7.77. The first kappa shape index (κ1) is 10.7. The van der Waals surface area contributed by atoms with Crippen LogP contribution in [0.25, 0.3) is 11.0 Å². The molecule has 1 aromatic heterocycles. The van der Waals surface area contributed by atoms with E-state index in [1.54, 1.807) is 6.07 Å². The maximum atomic E-state index is 11.6. The smallest absolute Gasteiger partial charge is 0.269 e. The van der Waals surface area contributed by atoms with Gasteiger partial charge in [0.05, 0.1) is 5.56 Å². The van der Waals surface area contributed by atoms with Crippen molar-refractivity contribution in [3.05, 3.63) is 35.6 Å². The average Bonchev–Trinajstić information content (AvgIpc) is 2.66. The van der Waals surface area contributed by atoms with Gasteiger partial charge in [0.1, 0.15) is 18.0 Å². The molecule has 0 saturated heterocycles. The highest BCUT2D eigenvalue weighted by Gasteiger charge is 2.19. The molecule has 5 nitrogen and oxygen atoms in total. The number of rotatable bonds is 3. The van der Waals surface area contributed by atoms with Crippen molar-refractivity contribution >= 4 is 16.9 Å². The number of hydrazine groups is 1. The number of fused-ring (bicyclic) bond motifs is 1. The van der Waals surface area contributed by atoms with Crippen molar-refractivity contribution in [2.75, 3.05) is 7.11 Å². The van der Waals surface area contributed by atoms with Gasteiger partial charge in [0.25, 0.3) is 5.91 Å². The highest BCUT2D eigenvalue weighted by Crippen LogP contribution is 2.26. The Hall–Kier alpha value is -1.85. The zero-order chi connectivity index (χ0) is 11.5. The quantitative estimate of drug-likeness (QED) is 0.462. The van der Waals surface area contributed by atoms with E-state index in [9.17, 15) is 4.79 Å². The normalized spacial score (nSPS) is 10.6. The molecule has 0 spiro atoms. The summed E-state index contributed by atoms with van der Waals surface area (Å²) in [6.45, 7) is 0.234. The van der Waals surface area contributed by atoms with Crippen LogP contribution in [0.3, 0.4) is 0 Å². The molecular formula is C11H12N2O3. The van der Waals surface area contributed by atoms with E-state index in [0.717, 1.165) is 5.39 Å². The number of nitrogens with one attached hydrogen (secondary N) is 1. The van der Waals surface area contributed by atoms with Gasteiger partial charge < -0.3 is 9.15 Å². The Kier molecular flexibility index (Phi) is 2.89. The van der Waals surface area contributed by atoms with Crippen LogP contribution in [0.5, 0.6) is 0 Å². The van der Waals surface area contributed by atoms with E-state index < -0.39 is 0 Å². The average molecular weight is 220 g/mol. The molecule has 0 atom stereocenters. The van der Waals surface area contributed by atoms with E-state index in [1.807, 2.05) is 18.2 Å². The molecular weight excluding hydrogens is 208 g/mol. The number of benzene rings is 1. The van der Waals surface area contributed by atoms with Gasteiger partial charge in [0.15, 0.2) is 0 Å². The van der Waals surface area contributed by atoms with Gasteiger partial charge in [-0.3, -0.25) is 10.2 Å². The van der Waals surface area contributed by atoms with Gasteiger partial charge in [0.2, 0.25) is 0 Å². The van der Waals surface area contributed by atoms with Crippen LogP contribution < -0.4 is 11.3 Å². The van der Waals surface area contributed by atoms with Crippen LogP contribution in [0.1, 0.15) is 16.1 Å². The molecule has 0 saturated carbocycles. The van der Waals surface area contributed by atoms with Crippen molar-refractivity contribution in [2.24, 2.45) is 5.84 Å². The van der Waals surface area contributed by atoms with Crippen LogP contribution in [0.4, 0.5) is 0 Å². The van der Waals surface area contributed by atoms with Crippen molar-refractivity contribution in [1.82, 2.24) is 5.43 Å². The van der Waals surface area contributed by atoms with Crippen molar-refractivity contribution in [1.29, 1.82) is 0 Å². The highest BCUT2D eigenvalue weighted by atomic mass is 16.5. The summed E-state index contributed by atoms with van der Waals surface area (Å²) in [6.07, 6.45) is 0. The minimum atomic E-state index is -0.378. The Morgan fingerprint density at radius 2 is 2.25 bits per heavy atom. The fourth-order valence-electron chi connectivity index (χ4n) is 1.65. The summed E-state index contributed by atoms with van der Waals surface area (Å²) in [6, 6.07) is 7.28. The lowest BCUT2D eigenvalue weighted by molar-refractivity contribution is 0.0946. The van der Waals surface area contributed by atoms with Gasteiger partial charge in [-0.1, -0.05) is 18.2 Å². The maximum Gasteiger partial charge on any atom is 0.269 e. The first-order valence-electron chi connectivity index (χ1n) is 4.78. The summed E-state index contributed by atoms with van der Waals surface area (Å²) in [5.74, 6) is 5.24. The topological polar surface area (TPSA) is 77.5 Å². The zero-order valence-electron chi connectivity index (χ0n) is 8.82. The lowest BCUT2D eigenvalue weighted by atomic mass is 10.1. The molecule has 1 amide bonds. The minimum absolute atomic E-state index is 0.234. The Labute approximate surface area is 92.1 Å². The molecule has 3 N–H and O–H groups in total. The van der Waals surface area contributed by atoms with Gasteiger partial charge in [-0.2, -0.15) is 0 Å². The van der Waals surface area contributed by atoms with E-state index in [0.29, 0.717) is 16.9 Å². The number of ether oxygens (including phenoxy) is 1. The predicted octanol–water partition coefficient (Wildman–Crippen LogP) is 1.18. The summed E-state index contributed by atoms with van der Waals surface area (Å²) in [4.78, 5) is 11.6. The SMILES string of the molecule is COCc1oc2ccccc2c1C(=O)NN. The number of methoxy groups -OCH3 is 1. The fraction of sp³-hybridized carbons (Fsp3) is 0.182. The second-order valence-corrected chi connectivity index (χ2v) is 3.30. The van der Waals surface area contributed by atoms with Crippen LogP contribution in [0.15, 0.2) is 28.7 Å². The minimum Gasteiger partial charge on any atom is -0.458 e. The number of carbonyl (C=O) groups is 1. The second-order valence-electron chi connectivity index (χ2n) is 3.30. The van der Waals surface area contributed by atoms with E-state index in [-0.39, 0.29) is 12.5 Å². The number of nitrogens with two attached hydrogens (primary N) is 1. The molecule has 84 valence electrons. The number of hydrogen-bond acceptors (Lipinski definition) is 4. The molecule has 0 fully saturated rings. The number of hydrogen-bond donors (Lipinski definition) is 2. The van der Waals surface area contributed by atoms with Gasteiger partial charge in [-0.15, -0.1) is 0 Å². The molecule has 16 heavy (non-hydrogen) atoms. The summed E-state index contributed by atoms with van der Waals surface area (Å²) in [5.41, 5.74) is 3.18. The van der Waals surface area contributed by atoms with Crippen LogP contribution >= 0.6 is 0 Å². The van der Waals surface area contributed by atoms with Gasteiger partial charge >= 0.3 is 0 Å². The monoisotopic (exact) mass is 220 g/mol. The summed E-state index contributed by atoms with van der Waals surface area (Å²) >= 11 is 0. The molecule has 0 aliphatic carbocycles. The third-order valence-electron chi connectivity index (χ3n) is 2.30. The van der Waals surface area contributed by atoms with Crippen molar-refractivity contribution in [2.45, 2.75) is 6.61 Å². The van der Waals surface area contributed by atoms with Gasteiger partial charge in [0, 0.05) is 12.5 Å². The largest absolute Gasteiger partial charge is 0.458 e. The highest BCUT2D eigenvalue weighted by molar-refractivity contribution is 6.06. The van der Waals surface area contributed by atoms with Crippen LogP contribution in [-0.2, 0) is 11.3 Å². The van der Waals surface area contributed by atoms with Crippen molar-refractivity contribution in [3.8, 4) is 0 Å². The number of nitrogen functional groups attached to an aromatic ring is 1. The molecule has 0 unspecified atom stereocenters. The predicted molar refractivity (Wildman–Crippen MR) is 58.6 cm³/mol.